The molecule has 108 valence electrons. The number of aromatic nitrogens is 1. The fraction of sp³-hybridized carbons (Fsp3) is 0.357. The van der Waals surface area contributed by atoms with Gasteiger partial charge in [0, 0.05) is 18.5 Å². The summed E-state index contributed by atoms with van der Waals surface area (Å²) in [4.78, 5) is 4.11. The van der Waals surface area contributed by atoms with Gasteiger partial charge in [-0.3, -0.25) is 0 Å². The van der Waals surface area contributed by atoms with Crippen LogP contribution in [0.25, 0.3) is 0 Å². The molecule has 2 aromatic rings. The van der Waals surface area contributed by atoms with Gasteiger partial charge in [-0.25, -0.2) is 4.98 Å². The number of halogens is 2. The molecule has 4 nitrogen and oxygen atoms in total. The monoisotopic (exact) mass is 282 g/mol. The van der Waals surface area contributed by atoms with E-state index in [2.05, 4.69) is 15.0 Å². The molecule has 0 atom stereocenters. The Labute approximate surface area is 115 Å². The van der Waals surface area contributed by atoms with Crippen LogP contribution in [0, 0.1) is 0 Å². The average molecular weight is 282 g/mol. The third-order valence-electron chi connectivity index (χ3n) is 2.73. The molecule has 6 heteroatoms. The highest BCUT2D eigenvalue weighted by molar-refractivity contribution is 5.33. The van der Waals surface area contributed by atoms with Gasteiger partial charge in [-0.2, -0.15) is 8.78 Å². The number of rotatable bonds is 7. The first-order valence-corrected chi connectivity index (χ1v) is 6.36. The summed E-state index contributed by atoms with van der Waals surface area (Å²) in [6.07, 6.45) is 2.48. The van der Waals surface area contributed by atoms with Crippen molar-refractivity contribution in [1.29, 1.82) is 0 Å². The second-order valence-electron chi connectivity index (χ2n) is 4.16. The minimum absolute atomic E-state index is 0.177. The number of hydrogen-bond donors (Lipinski definition) is 1. The molecule has 0 unspecified atom stereocenters. The fourth-order valence-electron chi connectivity index (χ4n) is 1.76. The number of hydrogen-bond acceptors (Lipinski definition) is 4. The molecule has 0 aliphatic rings. The maximum absolute atomic E-state index is 12.3. The van der Waals surface area contributed by atoms with E-state index in [4.69, 9.17) is 4.42 Å². The molecule has 1 heterocycles. The highest BCUT2D eigenvalue weighted by atomic mass is 19.3. The largest absolute Gasteiger partial charge is 0.444 e. The lowest BCUT2D eigenvalue weighted by atomic mass is 10.2. The molecule has 1 aromatic heterocycles. The summed E-state index contributed by atoms with van der Waals surface area (Å²) in [6, 6.07) is 6.68. The van der Waals surface area contributed by atoms with E-state index in [1.165, 1.54) is 6.07 Å². The Balaban J connectivity index is 1.90. The zero-order valence-corrected chi connectivity index (χ0v) is 11.1. The Morgan fingerprint density at radius 2 is 2.10 bits per heavy atom. The summed E-state index contributed by atoms with van der Waals surface area (Å²) >= 11 is 0. The van der Waals surface area contributed by atoms with Crippen LogP contribution in [0.3, 0.4) is 0 Å². The molecule has 0 saturated heterocycles. The van der Waals surface area contributed by atoms with Crippen molar-refractivity contribution < 1.29 is 17.9 Å². The van der Waals surface area contributed by atoms with Gasteiger partial charge in [0.25, 0.3) is 0 Å². The predicted octanol–water partition coefficient (Wildman–Crippen LogP) is 3.13. The van der Waals surface area contributed by atoms with Crippen LogP contribution < -0.4 is 10.1 Å². The second kappa shape index (κ2) is 7.00. The van der Waals surface area contributed by atoms with Crippen molar-refractivity contribution in [3.05, 3.63) is 47.7 Å². The molecule has 20 heavy (non-hydrogen) atoms. The Morgan fingerprint density at radius 1 is 1.30 bits per heavy atom. The summed E-state index contributed by atoms with van der Waals surface area (Å²) < 4.78 is 34.4. The molecule has 0 bridgehead atoms. The summed E-state index contributed by atoms with van der Waals surface area (Å²) in [5.74, 6) is 1.58. The molecule has 0 aliphatic heterocycles. The maximum Gasteiger partial charge on any atom is 0.387 e. The van der Waals surface area contributed by atoms with Crippen LogP contribution in [0.1, 0.15) is 24.1 Å². The molecular weight excluding hydrogens is 266 g/mol. The molecule has 1 N–H and O–H groups in total. The van der Waals surface area contributed by atoms with E-state index in [-0.39, 0.29) is 5.75 Å². The van der Waals surface area contributed by atoms with Gasteiger partial charge in [0.2, 0.25) is 5.89 Å². The maximum atomic E-state index is 12.3. The van der Waals surface area contributed by atoms with Gasteiger partial charge < -0.3 is 14.5 Å². The minimum atomic E-state index is -2.82. The number of oxazole rings is 1. The first-order valence-electron chi connectivity index (χ1n) is 6.36. The summed E-state index contributed by atoms with van der Waals surface area (Å²) in [7, 11) is 0. The van der Waals surface area contributed by atoms with Crippen molar-refractivity contribution in [2.75, 3.05) is 0 Å². The van der Waals surface area contributed by atoms with Gasteiger partial charge in [-0.05, 0) is 6.07 Å². The fourth-order valence-corrected chi connectivity index (χ4v) is 1.76. The zero-order valence-electron chi connectivity index (χ0n) is 11.1. The number of para-hydroxylation sites is 1. The average Bonchev–Trinajstić information content (AvgIpc) is 2.88. The lowest BCUT2D eigenvalue weighted by Gasteiger charge is -2.10. The third kappa shape index (κ3) is 4.03. The van der Waals surface area contributed by atoms with E-state index in [0.717, 1.165) is 12.2 Å². The second-order valence-corrected chi connectivity index (χ2v) is 4.16. The van der Waals surface area contributed by atoms with Crippen molar-refractivity contribution in [3.8, 4) is 5.75 Å². The summed E-state index contributed by atoms with van der Waals surface area (Å²) in [6.45, 7) is -0.0132. The van der Waals surface area contributed by atoms with Gasteiger partial charge in [-0.15, -0.1) is 0 Å². The van der Waals surface area contributed by atoms with Crippen molar-refractivity contribution in [1.82, 2.24) is 10.3 Å². The van der Waals surface area contributed by atoms with Gasteiger partial charge in [0.15, 0.2) is 0 Å². The van der Waals surface area contributed by atoms with Crippen LogP contribution in [-0.2, 0) is 19.5 Å². The van der Waals surface area contributed by atoms with Crippen molar-refractivity contribution in [2.45, 2.75) is 33.0 Å². The smallest absolute Gasteiger partial charge is 0.387 e. The van der Waals surface area contributed by atoms with E-state index in [1.807, 2.05) is 6.92 Å². The highest BCUT2D eigenvalue weighted by Gasteiger charge is 2.09. The Kier molecular flexibility index (Phi) is 5.06. The lowest BCUT2D eigenvalue weighted by molar-refractivity contribution is -0.0505. The molecule has 0 saturated carbocycles. The minimum Gasteiger partial charge on any atom is -0.444 e. The quantitative estimate of drug-likeness (QED) is 0.847. The highest BCUT2D eigenvalue weighted by Crippen LogP contribution is 2.20. The van der Waals surface area contributed by atoms with E-state index in [1.54, 1.807) is 24.4 Å². The van der Waals surface area contributed by atoms with Crippen LogP contribution in [0.5, 0.6) is 5.75 Å². The standard InChI is InChI=1S/C14H16F2N2O2/c1-2-11-8-18-13(19-11)9-17-7-10-5-3-4-6-12(10)20-14(15)16/h3-6,8,14,17H,2,7,9H2,1H3. The molecule has 0 amide bonds. The molecule has 1 aromatic carbocycles. The number of nitrogens with one attached hydrogen (secondary N) is 1. The molecular formula is C14H16F2N2O2. The number of benzene rings is 1. The van der Waals surface area contributed by atoms with Crippen LogP contribution in [0.15, 0.2) is 34.9 Å². The van der Waals surface area contributed by atoms with Gasteiger partial charge in [0.05, 0.1) is 12.7 Å². The van der Waals surface area contributed by atoms with E-state index in [0.29, 0.717) is 24.5 Å². The van der Waals surface area contributed by atoms with Crippen molar-refractivity contribution in [3.63, 3.8) is 0 Å². The van der Waals surface area contributed by atoms with Crippen LogP contribution >= 0.6 is 0 Å². The number of nitrogens with zero attached hydrogens (tertiary/aromatic N) is 1. The van der Waals surface area contributed by atoms with Gasteiger partial charge in [0.1, 0.15) is 11.5 Å². The molecule has 0 aliphatic carbocycles. The van der Waals surface area contributed by atoms with Crippen molar-refractivity contribution in [2.24, 2.45) is 0 Å². The Hall–Kier alpha value is -1.95. The SMILES string of the molecule is CCc1cnc(CNCc2ccccc2OC(F)F)o1. The first kappa shape index (κ1) is 14.5. The summed E-state index contributed by atoms with van der Waals surface area (Å²) in [5.41, 5.74) is 0.662. The third-order valence-corrected chi connectivity index (χ3v) is 2.73. The van der Waals surface area contributed by atoms with Gasteiger partial charge >= 0.3 is 6.61 Å². The molecule has 0 spiro atoms. The van der Waals surface area contributed by atoms with Crippen LogP contribution in [-0.4, -0.2) is 11.6 Å². The summed E-state index contributed by atoms with van der Waals surface area (Å²) in [5, 5.41) is 3.09. The van der Waals surface area contributed by atoms with Crippen LogP contribution in [0.2, 0.25) is 0 Å². The topological polar surface area (TPSA) is 47.3 Å². The predicted molar refractivity (Wildman–Crippen MR) is 69.5 cm³/mol. The van der Waals surface area contributed by atoms with Crippen LogP contribution in [0.4, 0.5) is 8.78 Å². The number of aryl methyl sites for hydroxylation is 1. The first-order chi connectivity index (χ1) is 9.69. The Bertz CT molecular complexity index is 543. The number of ether oxygens (including phenoxy) is 1. The molecule has 0 fully saturated rings. The van der Waals surface area contributed by atoms with E-state index in [9.17, 15) is 8.78 Å². The van der Waals surface area contributed by atoms with E-state index < -0.39 is 6.61 Å². The van der Waals surface area contributed by atoms with Gasteiger partial charge in [-0.1, -0.05) is 25.1 Å². The normalized spacial score (nSPS) is 11.0. The molecule has 0 radical (unpaired) electrons. The zero-order chi connectivity index (χ0) is 14.4. The number of alkyl halides is 2. The lowest BCUT2D eigenvalue weighted by Crippen LogP contribution is -2.14. The van der Waals surface area contributed by atoms with E-state index >= 15 is 0 Å². The molecule has 2 rings (SSSR count). The Morgan fingerprint density at radius 3 is 2.80 bits per heavy atom. The van der Waals surface area contributed by atoms with Crippen molar-refractivity contribution >= 4 is 0 Å².